The lowest BCUT2D eigenvalue weighted by Gasteiger charge is -2.19. The molecule has 0 saturated heterocycles. The van der Waals surface area contributed by atoms with Crippen LogP contribution in [0, 0.1) is 0 Å². The fourth-order valence-electron chi connectivity index (χ4n) is 1.41. The number of carboxylic acid groups (broad SMARTS) is 2. The molecule has 0 saturated carbocycles. The average molecular weight is 314 g/mol. The van der Waals surface area contributed by atoms with Crippen LogP contribution < -0.4 is 11.1 Å². The second kappa shape index (κ2) is 9.85. The van der Waals surface area contributed by atoms with Crippen LogP contribution in [0.1, 0.15) is 18.5 Å². The van der Waals surface area contributed by atoms with Crippen LogP contribution in [0.5, 0.6) is 0 Å². The van der Waals surface area contributed by atoms with E-state index in [-0.39, 0.29) is 6.04 Å². The molecule has 8 nitrogen and oxygen atoms in total. The third kappa shape index (κ3) is 6.64. The smallest absolute Gasteiger partial charge is 0.335 e. The molecule has 124 valence electrons. The number of aliphatic hydroxyl groups is 2. The molecule has 0 aliphatic carbocycles. The van der Waals surface area contributed by atoms with Gasteiger partial charge >= 0.3 is 11.9 Å². The molecular weight excluding hydrogens is 292 g/mol. The highest BCUT2D eigenvalue weighted by atomic mass is 16.4. The summed E-state index contributed by atoms with van der Waals surface area (Å²) in [6.07, 6.45) is -4.53. The Morgan fingerprint density at radius 2 is 1.45 bits per heavy atom. The fraction of sp³-hybridized carbons (Fsp3) is 0.429. The number of hydrogen-bond donors (Lipinski definition) is 6. The molecule has 22 heavy (non-hydrogen) atoms. The monoisotopic (exact) mass is 314 g/mol. The number of benzene rings is 1. The SMILES string of the molecule is CN[C@@H](C)[C@H](N)c1ccccc1.O=C(O)C(O)C(O)C(=O)O. The van der Waals surface area contributed by atoms with Gasteiger partial charge < -0.3 is 31.5 Å². The Balaban J connectivity index is 0.000000409. The van der Waals surface area contributed by atoms with Gasteiger partial charge in [0.05, 0.1) is 0 Å². The van der Waals surface area contributed by atoms with Gasteiger partial charge in [0.1, 0.15) is 0 Å². The molecular formula is C14H22N2O6. The Kier molecular flexibility index (Phi) is 8.95. The van der Waals surface area contributed by atoms with Gasteiger partial charge in [-0.2, -0.15) is 0 Å². The maximum atomic E-state index is 9.77. The van der Waals surface area contributed by atoms with Crippen LogP contribution >= 0.6 is 0 Å². The van der Waals surface area contributed by atoms with Crippen LogP contribution in [0.15, 0.2) is 30.3 Å². The van der Waals surface area contributed by atoms with Crippen molar-refractivity contribution in [1.82, 2.24) is 5.32 Å². The lowest BCUT2D eigenvalue weighted by Crippen LogP contribution is -2.39. The summed E-state index contributed by atoms with van der Waals surface area (Å²) in [5.41, 5.74) is 7.17. The Hall–Kier alpha value is -2.00. The van der Waals surface area contributed by atoms with Crippen molar-refractivity contribution in [2.45, 2.75) is 31.2 Å². The van der Waals surface area contributed by atoms with Crippen LogP contribution in [0.25, 0.3) is 0 Å². The third-order valence-corrected chi connectivity index (χ3v) is 2.98. The van der Waals surface area contributed by atoms with Crippen LogP contribution in [0.3, 0.4) is 0 Å². The van der Waals surface area contributed by atoms with Gasteiger partial charge in [-0.15, -0.1) is 0 Å². The number of carbonyl (C=O) groups is 2. The van der Waals surface area contributed by atoms with E-state index in [4.69, 9.17) is 26.2 Å². The molecule has 0 spiro atoms. The number of likely N-dealkylation sites (N-methyl/N-ethyl adjacent to an activating group) is 1. The Morgan fingerprint density at radius 1 is 1.05 bits per heavy atom. The zero-order valence-electron chi connectivity index (χ0n) is 12.4. The molecule has 0 amide bonds. The Labute approximate surface area is 128 Å². The topological polar surface area (TPSA) is 153 Å². The van der Waals surface area contributed by atoms with E-state index in [2.05, 4.69) is 24.4 Å². The second-order valence-corrected chi connectivity index (χ2v) is 4.58. The zero-order chi connectivity index (χ0) is 17.3. The van der Waals surface area contributed by atoms with Crippen molar-refractivity contribution in [2.24, 2.45) is 5.73 Å². The maximum absolute atomic E-state index is 9.77. The van der Waals surface area contributed by atoms with E-state index in [1.165, 1.54) is 5.56 Å². The fourth-order valence-corrected chi connectivity index (χ4v) is 1.41. The lowest BCUT2D eigenvalue weighted by atomic mass is 10.0. The molecule has 7 N–H and O–H groups in total. The molecule has 4 atom stereocenters. The number of rotatable bonds is 6. The summed E-state index contributed by atoms with van der Waals surface area (Å²) < 4.78 is 0. The van der Waals surface area contributed by atoms with Crippen molar-refractivity contribution in [3.8, 4) is 0 Å². The molecule has 1 rings (SSSR count). The van der Waals surface area contributed by atoms with Gasteiger partial charge in [-0.25, -0.2) is 9.59 Å². The van der Waals surface area contributed by atoms with Gasteiger partial charge in [-0.1, -0.05) is 30.3 Å². The highest BCUT2D eigenvalue weighted by molar-refractivity contribution is 5.83. The quantitative estimate of drug-likeness (QED) is 0.398. The van der Waals surface area contributed by atoms with E-state index in [1.807, 2.05) is 25.2 Å². The molecule has 0 radical (unpaired) electrons. The number of aliphatic carboxylic acids is 2. The molecule has 1 aromatic rings. The largest absolute Gasteiger partial charge is 0.479 e. The van der Waals surface area contributed by atoms with Crippen LogP contribution in [0.2, 0.25) is 0 Å². The van der Waals surface area contributed by atoms with Gasteiger partial charge in [-0.3, -0.25) is 0 Å². The van der Waals surface area contributed by atoms with Crippen LogP contribution in [-0.2, 0) is 9.59 Å². The summed E-state index contributed by atoms with van der Waals surface area (Å²) in [7, 11) is 1.92. The minimum Gasteiger partial charge on any atom is -0.479 e. The van der Waals surface area contributed by atoms with Crippen LogP contribution in [0.4, 0.5) is 0 Å². The molecule has 0 aliphatic rings. The molecule has 1 aromatic carbocycles. The number of carboxylic acids is 2. The molecule has 8 heteroatoms. The van der Waals surface area contributed by atoms with Gasteiger partial charge in [0.15, 0.2) is 12.2 Å². The second-order valence-electron chi connectivity index (χ2n) is 4.58. The number of nitrogens with one attached hydrogen (secondary N) is 1. The normalized spacial score (nSPS) is 15.7. The molecule has 0 fully saturated rings. The van der Waals surface area contributed by atoms with E-state index in [9.17, 15) is 9.59 Å². The minimum atomic E-state index is -2.27. The van der Waals surface area contributed by atoms with Gasteiger partial charge in [0.25, 0.3) is 0 Å². The van der Waals surface area contributed by atoms with Crippen molar-refractivity contribution < 1.29 is 30.0 Å². The van der Waals surface area contributed by atoms with Crippen molar-refractivity contribution in [1.29, 1.82) is 0 Å². The zero-order valence-corrected chi connectivity index (χ0v) is 12.4. The average Bonchev–Trinajstić information content (AvgIpc) is 2.53. The standard InChI is InChI=1S/C10H16N2.C4H6O6/c1-8(12-2)10(11)9-6-4-3-5-7-9;5-1(3(7)8)2(6)4(9)10/h3-8,10,12H,11H2,1-2H3;1-2,5-6H,(H,7,8)(H,9,10)/t8-,10-;/m0./s1. The predicted molar refractivity (Wildman–Crippen MR) is 79.2 cm³/mol. The first-order valence-electron chi connectivity index (χ1n) is 6.51. The summed E-state index contributed by atoms with van der Waals surface area (Å²) in [5.74, 6) is -3.54. The maximum Gasteiger partial charge on any atom is 0.335 e. The molecule has 2 unspecified atom stereocenters. The van der Waals surface area contributed by atoms with Crippen molar-refractivity contribution in [2.75, 3.05) is 7.05 Å². The number of hydrogen-bond acceptors (Lipinski definition) is 6. The van der Waals surface area contributed by atoms with E-state index in [0.29, 0.717) is 6.04 Å². The van der Waals surface area contributed by atoms with Gasteiger partial charge in [-0.05, 0) is 19.5 Å². The van der Waals surface area contributed by atoms with E-state index < -0.39 is 24.1 Å². The molecule has 0 aliphatic heterocycles. The van der Waals surface area contributed by atoms with Crippen molar-refractivity contribution in [3.63, 3.8) is 0 Å². The Morgan fingerprint density at radius 3 is 1.77 bits per heavy atom. The van der Waals surface area contributed by atoms with Gasteiger partial charge in [0, 0.05) is 12.1 Å². The summed E-state index contributed by atoms with van der Waals surface area (Å²) in [5, 5.41) is 35.7. The minimum absolute atomic E-state index is 0.0798. The third-order valence-electron chi connectivity index (χ3n) is 2.98. The summed E-state index contributed by atoms with van der Waals surface area (Å²) in [6, 6.07) is 10.5. The number of aliphatic hydroxyl groups excluding tert-OH is 2. The first-order valence-corrected chi connectivity index (χ1v) is 6.51. The molecule has 0 aromatic heterocycles. The first kappa shape index (κ1) is 20.0. The highest BCUT2D eigenvalue weighted by Crippen LogP contribution is 2.12. The molecule has 0 heterocycles. The summed E-state index contributed by atoms with van der Waals surface area (Å²) in [4.78, 5) is 19.5. The van der Waals surface area contributed by atoms with Crippen molar-refractivity contribution >= 4 is 11.9 Å². The van der Waals surface area contributed by atoms with E-state index >= 15 is 0 Å². The van der Waals surface area contributed by atoms with Gasteiger partial charge in [0.2, 0.25) is 0 Å². The predicted octanol–water partition coefficient (Wildman–Crippen LogP) is -0.828. The van der Waals surface area contributed by atoms with Crippen LogP contribution in [-0.4, -0.2) is 57.7 Å². The highest BCUT2D eigenvalue weighted by Gasteiger charge is 2.29. The molecule has 0 bridgehead atoms. The van der Waals surface area contributed by atoms with E-state index in [0.717, 1.165) is 0 Å². The summed E-state index contributed by atoms with van der Waals surface area (Å²) in [6.45, 7) is 2.08. The Bertz CT molecular complexity index is 450. The lowest BCUT2D eigenvalue weighted by molar-refractivity contribution is -0.165. The van der Waals surface area contributed by atoms with Crippen molar-refractivity contribution in [3.05, 3.63) is 35.9 Å². The number of nitrogens with two attached hydrogens (primary N) is 1. The first-order chi connectivity index (χ1) is 10.2. The summed E-state index contributed by atoms with van der Waals surface area (Å²) >= 11 is 0. The van der Waals surface area contributed by atoms with E-state index in [1.54, 1.807) is 0 Å².